The average Bonchev–Trinajstić information content (AvgIpc) is 1.80. The summed E-state index contributed by atoms with van der Waals surface area (Å²) in [6, 6.07) is 0. The average molecular weight is 173 g/mol. The van der Waals surface area contributed by atoms with Crippen molar-refractivity contribution in [2.45, 2.75) is 17.7 Å². The molecule has 3 atom stereocenters. The van der Waals surface area contributed by atoms with Gasteiger partial charge in [0, 0.05) is 4.83 Å². The van der Waals surface area contributed by atoms with Gasteiger partial charge in [-0.05, 0) is 24.7 Å². The first-order valence-electron chi connectivity index (χ1n) is 3.20. The van der Waals surface area contributed by atoms with E-state index >= 15 is 0 Å². The largest absolute Gasteiger partial charge is 0.0842 e. The number of alkyl halides is 1. The normalized spacial score (nSPS) is 50.9. The van der Waals surface area contributed by atoms with Gasteiger partial charge in [0.1, 0.15) is 0 Å². The van der Waals surface area contributed by atoms with Crippen LogP contribution in [-0.2, 0) is 0 Å². The van der Waals surface area contributed by atoms with E-state index in [1.54, 1.807) is 0 Å². The van der Waals surface area contributed by atoms with Crippen LogP contribution in [0.15, 0.2) is 12.2 Å². The predicted octanol–water partition coefficient (Wildman–Crippen LogP) is 2.35. The van der Waals surface area contributed by atoms with Crippen molar-refractivity contribution < 1.29 is 0 Å². The maximum Gasteiger partial charge on any atom is 0.0359 e. The van der Waals surface area contributed by atoms with E-state index in [0.29, 0.717) is 4.83 Å². The van der Waals surface area contributed by atoms with Gasteiger partial charge in [-0.15, -0.1) is 0 Å². The molecular weight excluding hydrogens is 164 g/mol. The Morgan fingerprint density at radius 2 is 2.12 bits per heavy atom. The maximum atomic E-state index is 3.61. The van der Waals surface area contributed by atoms with Crippen LogP contribution in [0, 0.1) is 11.8 Å². The second-order valence-electron chi connectivity index (χ2n) is 2.73. The van der Waals surface area contributed by atoms with Gasteiger partial charge < -0.3 is 0 Å². The lowest BCUT2D eigenvalue weighted by Gasteiger charge is -2.31. The molecule has 0 N–H and O–H groups in total. The van der Waals surface area contributed by atoms with Crippen molar-refractivity contribution in [3.8, 4) is 0 Å². The minimum Gasteiger partial charge on any atom is -0.0842 e. The third kappa shape index (κ3) is 0.511. The van der Waals surface area contributed by atoms with Crippen molar-refractivity contribution in [2.75, 3.05) is 0 Å². The molecule has 0 unspecified atom stereocenters. The molecule has 0 spiro atoms. The number of hydrogen-bond acceptors (Lipinski definition) is 0. The minimum absolute atomic E-state index is 0.709. The second-order valence-corrected chi connectivity index (χ2v) is 3.79. The Morgan fingerprint density at radius 1 is 1.25 bits per heavy atom. The van der Waals surface area contributed by atoms with E-state index in [1.807, 2.05) is 0 Å². The van der Waals surface area contributed by atoms with Crippen molar-refractivity contribution in [1.82, 2.24) is 0 Å². The van der Waals surface area contributed by atoms with E-state index < -0.39 is 0 Å². The molecule has 0 aliphatic heterocycles. The molecule has 1 saturated carbocycles. The number of halogens is 1. The Labute approximate surface area is 58.1 Å². The summed E-state index contributed by atoms with van der Waals surface area (Å²) in [4.78, 5) is 0.709. The van der Waals surface area contributed by atoms with Crippen molar-refractivity contribution in [3.63, 3.8) is 0 Å². The number of hydrogen-bond donors (Lipinski definition) is 0. The summed E-state index contributed by atoms with van der Waals surface area (Å²) in [5.74, 6) is 1.91. The van der Waals surface area contributed by atoms with Crippen LogP contribution in [0.2, 0.25) is 0 Å². The highest BCUT2D eigenvalue weighted by atomic mass is 79.9. The Hall–Kier alpha value is 0.220. The van der Waals surface area contributed by atoms with Crippen LogP contribution < -0.4 is 0 Å². The van der Waals surface area contributed by atoms with Gasteiger partial charge in [0.25, 0.3) is 0 Å². The summed E-state index contributed by atoms with van der Waals surface area (Å²) in [7, 11) is 0. The van der Waals surface area contributed by atoms with Crippen LogP contribution in [0.4, 0.5) is 0 Å². The lowest BCUT2D eigenvalue weighted by atomic mass is 9.76. The van der Waals surface area contributed by atoms with E-state index in [1.165, 1.54) is 12.8 Å². The third-order valence-corrected chi connectivity index (χ3v) is 3.32. The molecule has 0 nitrogen and oxygen atoms in total. The van der Waals surface area contributed by atoms with Crippen LogP contribution in [0.1, 0.15) is 12.8 Å². The van der Waals surface area contributed by atoms with Crippen molar-refractivity contribution in [3.05, 3.63) is 12.2 Å². The zero-order valence-electron chi connectivity index (χ0n) is 4.68. The number of allylic oxidation sites excluding steroid dienone is 2. The Kier molecular flexibility index (Phi) is 1.01. The van der Waals surface area contributed by atoms with Gasteiger partial charge in [0.2, 0.25) is 0 Å². The molecule has 0 aromatic carbocycles. The fourth-order valence-corrected chi connectivity index (χ4v) is 2.41. The molecule has 0 heterocycles. The third-order valence-electron chi connectivity index (χ3n) is 2.33. The monoisotopic (exact) mass is 172 g/mol. The molecule has 0 radical (unpaired) electrons. The molecule has 1 fully saturated rings. The molecule has 1 heteroatoms. The Bertz CT molecular complexity index is 120. The fraction of sp³-hybridized carbons (Fsp3) is 0.714. The topological polar surface area (TPSA) is 0 Å². The standard InChI is InChI=1S/C7H9Br/c8-7-4-2-5-1-3-6(5)7/h2,4-7H,1,3H2/t5-,6-,7-/m0/s1. The molecule has 2 aliphatic rings. The molecule has 0 aromatic heterocycles. The van der Waals surface area contributed by atoms with Crippen LogP contribution >= 0.6 is 15.9 Å². The molecular formula is C7H9Br. The van der Waals surface area contributed by atoms with Crippen molar-refractivity contribution in [1.29, 1.82) is 0 Å². The van der Waals surface area contributed by atoms with Gasteiger partial charge in [0.15, 0.2) is 0 Å². The fourth-order valence-electron chi connectivity index (χ4n) is 1.58. The van der Waals surface area contributed by atoms with Crippen LogP contribution in [0.25, 0.3) is 0 Å². The van der Waals surface area contributed by atoms with Crippen molar-refractivity contribution in [2.24, 2.45) is 11.8 Å². The number of fused-ring (bicyclic) bond motifs is 1. The maximum absolute atomic E-state index is 3.61. The van der Waals surface area contributed by atoms with E-state index in [4.69, 9.17) is 0 Å². The van der Waals surface area contributed by atoms with E-state index in [2.05, 4.69) is 28.1 Å². The summed E-state index contributed by atoms with van der Waals surface area (Å²) < 4.78 is 0. The lowest BCUT2D eigenvalue weighted by Crippen LogP contribution is -2.25. The number of rotatable bonds is 0. The molecule has 0 saturated heterocycles. The quantitative estimate of drug-likeness (QED) is 0.389. The van der Waals surface area contributed by atoms with Gasteiger partial charge in [-0.3, -0.25) is 0 Å². The Balaban J connectivity index is 2.14. The first kappa shape index (κ1) is 5.04. The summed E-state index contributed by atoms with van der Waals surface area (Å²) >= 11 is 3.61. The zero-order valence-corrected chi connectivity index (χ0v) is 6.26. The highest BCUT2D eigenvalue weighted by molar-refractivity contribution is 9.09. The smallest absolute Gasteiger partial charge is 0.0359 e. The minimum atomic E-state index is 0.709. The highest BCUT2D eigenvalue weighted by Crippen LogP contribution is 2.45. The van der Waals surface area contributed by atoms with Crippen LogP contribution in [0.5, 0.6) is 0 Å². The van der Waals surface area contributed by atoms with Crippen LogP contribution in [0.3, 0.4) is 0 Å². The van der Waals surface area contributed by atoms with Gasteiger partial charge in [-0.2, -0.15) is 0 Å². The highest BCUT2D eigenvalue weighted by Gasteiger charge is 2.36. The summed E-state index contributed by atoms with van der Waals surface area (Å²) in [5, 5.41) is 0. The van der Waals surface area contributed by atoms with Gasteiger partial charge in [-0.1, -0.05) is 28.1 Å². The molecule has 8 heavy (non-hydrogen) atoms. The van der Waals surface area contributed by atoms with E-state index in [0.717, 1.165) is 11.8 Å². The SMILES string of the molecule is Br[C@H]1C=C[C@@H]2CC[C@@H]21. The van der Waals surface area contributed by atoms with E-state index in [9.17, 15) is 0 Å². The molecule has 0 amide bonds. The summed E-state index contributed by atoms with van der Waals surface area (Å²) in [6.45, 7) is 0. The van der Waals surface area contributed by atoms with Crippen molar-refractivity contribution >= 4 is 15.9 Å². The lowest BCUT2D eigenvalue weighted by molar-refractivity contribution is 0.257. The summed E-state index contributed by atoms with van der Waals surface area (Å²) in [6.07, 6.45) is 7.52. The first-order chi connectivity index (χ1) is 3.88. The summed E-state index contributed by atoms with van der Waals surface area (Å²) in [5.41, 5.74) is 0. The van der Waals surface area contributed by atoms with Crippen LogP contribution in [-0.4, -0.2) is 4.83 Å². The molecule has 44 valence electrons. The first-order valence-corrected chi connectivity index (χ1v) is 4.12. The van der Waals surface area contributed by atoms with E-state index in [-0.39, 0.29) is 0 Å². The second kappa shape index (κ2) is 1.60. The predicted molar refractivity (Wildman–Crippen MR) is 38.1 cm³/mol. The molecule has 2 aliphatic carbocycles. The molecule has 0 aromatic rings. The van der Waals surface area contributed by atoms with Gasteiger partial charge in [0.05, 0.1) is 0 Å². The molecule has 0 bridgehead atoms. The van der Waals surface area contributed by atoms with Gasteiger partial charge in [-0.25, -0.2) is 0 Å². The Morgan fingerprint density at radius 3 is 2.38 bits per heavy atom. The van der Waals surface area contributed by atoms with Gasteiger partial charge >= 0.3 is 0 Å². The zero-order chi connectivity index (χ0) is 5.56. The molecule has 2 rings (SSSR count).